The van der Waals surface area contributed by atoms with Crippen LogP contribution in [0.2, 0.25) is 5.02 Å². The van der Waals surface area contributed by atoms with Crippen molar-refractivity contribution in [3.05, 3.63) is 70.3 Å². The molecule has 248 valence electrons. The monoisotopic (exact) mass is 670 g/mol. The normalized spacial score (nSPS) is 27.3. The standard InChI is InChI=1S/C35H43ClN2O7S/c1-43-34(39)22-45-31-7-2-3-8-33(23-9-10-23)46(41,42)37-35(40)25-13-16-32-30(19-25)38(20-26-12-15-29(26)31)17-5-4-6-24-18-28(36)14-11-27(24)21-44-32/h2,7,11,13-14,16,18-19,23,26,29,31,33H,3-6,8-10,12,15,17,20-22H2,1H3,(H,37,40)/b7-2+/t26-,29+,31-,33-/m0/s1. The van der Waals surface area contributed by atoms with Gasteiger partial charge in [0.15, 0.2) is 0 Å². The summed E-state index contributed by atoms with van der Waals surface area (Å²) in [5, 5.41) is 0.0387. The van der Waals surface area contributed by atoms with Gasteiger partial charge in [0, 0.05) is 23.7 Å². The number of carbonyl (C=O) groups is 2. The fraction of sp³-hybridized carbons (Fsp3) is 0.543. The van der Waals surface area contributed by atoms with Crippen molar-refractivity contribution in [1.29, 1.82) is 0 Å². The van der Waals surface area contributed by atoms with Crippen LogP contribution in [0.15, 0.2) is 48.6 Å². The summed E-state index contributed by atoms with van der Waals surface area (Å²) < 4.78 is 46.9. The Balaban J connectivity index is 1.36. The molecular weight excluding hydrogens is 628 g/mol. The number of rotatable bonds is 4. The number of amides is 1. The first kappa shape index (κ1) is 32.8. The van der Waals surface area contributed by atoms with Gasteiger partial charge in [0.1, 0.15) is 19.0 Å². The van der Waals surface area contributed by atoms with E-state index in [1.807, 2.05) is 30.4 Å². The van der Waals surface area contributed by atoms with Crippen LogP contribution in [-0.4, -0.2) is 58.5 Å². The zero-order valence-electron chi connectivity index (χ0n) is 26.3. The minimum absolute atomic E-state index is 0.0361. The maximum absolute atomic E-state index is 13.5. The Hall–Kier alpha value is -3.08. The van der Waals surface area contributed by atoms with E-state index in [4.69, 9.17) is 25.8 Å². The number of allylic oxidation sites excluding steroid dienone is 1. The number of fused-ring (bicyclic) bond motifs is 3. The number of methoxy groups -OCH3 is 1. The summed E-state index contributed by atoms with van der Waals surface area (Å²) in [6.45, 7) is 1.63. The highest BCUT2D eigenvalue weighted by molar-refractivity contribution is 7.90. The van der Waals surface area contributed by atoms with Gasteiger partial charge in [-0.1, -0.05) is 29.8 Å². The van der Waals surface area contributed by atoms with Crippen LogP contribution in [0.1, 0.15) is 72.9 Å². The number of halogens is 1. The van der Waals surface area contributed by atoms with Crippen molar-refractivity contribution in [3.8, 4) is 5.75 Å². The summed E-state index contributed by atoms with van der Waals surface area (Å²) in [5.74, 6) is 0.0779. The fourth-order valence-electron chi connectivity index (χ4n) is 7.03. The topological polar surface area (TPSA) is 111 Å². The summed E-state index contributed by atoms with van der Waals surface area (Å²) in [6.07, 6.45) is 10.9. The van der Waals surface area contributed by atoms with E-state index in [2.05, 4.69) is 9.62 Å². The number of hydrogen-bond donors (Lipinski definition) is 1. The molecule has 46 heavy (non-hydrogen) atoms. The molecule has 2 aliphatic carbocycles. The molecule has 4 aliphatic rings. The molecule has 2 saturated carbocycles. The number of aryl methyl sites for hydroxylation is 1. The Morgan fingerprint density at radius 2 is 1.87 bits per heavy atom. The lowest BCUT2D eigenvalue weighted by molar-refractivity contribution is -0.149. The van der Waals surface area contributed by atoms with Crippen molar-refractivity contribution in [2.45, 2.75) is 75.7 Å². The molecule has 0 unspecified atom stereocenters. The van der Waals surface area contributed by atoms with Gasteiger partial charge < -0.3 is 19.1 Å². The van der Waals surface area contributed by atoms with Gasteiger partial charge in [0.05, 0.1) is 24.2 Å². The van der Waals surface area contributed by atoms with Crippen LogP contribution >= 0.6 is 11.6 Å². The molecule has 2 aromatic carbocycles. The Morgan fingerprint density at radius 3 is 2.63 bits per heavy atom. The molecule has 1 N–H and O–H groups in total. The van der Waals surface area contributed by atoms with Crippen molar-refractivity contribution >= 4 is 39.2 Å². The van der Waals surface area contributed by atoms with Crippen LogP contribution in [-0.2, 0) is 37.3 Å². The molecule has 11 heteroatoms. The molecule has 0 radical (unpaired) electrons. The minimum atomic E-state index is -3.91. The zero-order chi connectivity index (χ0) is 32.3. The number of nitrogens with zero attached hydrogens (tertiary/aromatic N) is 1. The van der Waals surface area contributed by atoms with E-state index < -0.39 is 27.1 Å². The van der Waals surface area contributed by atoms with Crippen LogP contribution in [0.3, 0.4) is 0 Å². The molecule has 1 amide bonds. The lowest BCUT2D eigenvalue weighted by Crippen LogP contribution is -2.44. The molecule has 0 aromatic heterocycles. The van der Waals surface area contributed by atoms with E-state index in [-0.39, 0.29) is 36.0 Å². The minimum Gasteiger partial charge on any atom is -0.487 e. The average Bonchev–Trinajstić information content (AvgIpc) is 3.86. The Morgan fingerprint density at radius 1 is 1.04 bits per heavy atom. The Kier molecular flexibility index (Phi) is 10.3. The molecule has 0 spiro atoms. The second-order valence-corrected chi connectivity index (χ2v) is 15.3. The number of hydrogen-bond acceptors (Lipinski definition) is 8. The van der Waals surface area contributed by atoms with Crippen LogP contribution in [0.25, 0.3) is 0 Å². The molecule has 2 fully saturated rings. The Bertz CT molecular complexity index is 1570. The molecule has 6 rings (SSSR count). The van der Waals surface area contributed by atoms with Gasteiger partial charge in [-0.25, -0.2) is 17.9 Å². The smallest absolute Gasteiger partial charge is 0.331 e. The summed E-state index contributed by atoms with van der Waals surface area (Å²) in [7, 11) is -2.57. The number of sulfonamides is 1. The molecular formula is C35H43ClN2O7S. The van der Waals surface area contributed by atoms with Crippen molar-refractivity contribution in [2.24, 2.45) is 17.8 Å². The second kappa shape index (κ2) is 14.4. The zero-order valence-corrected chi connectivity index (χ0v) is 27.9. The third kappa shape index (κ3) is 7.72. The van der Waals surface area contributed by atoms with Gasteiger partial charge in [-0.2, -0.15) is 0 Å². The van der Waals surface area contributed by atoms with E-state index in [0.29, 0.717) is 36.8 Å². The summed E-state index contributed by atoms with van der Waals surface area (Å²) in [5.41, 5.74) is 3.27. The fourth-order valence-corrected chi connectivity index (χ4v) is 8.98. The number of nitrogens with one attached hydrogen (secondary N) is 1. The number of benzene rings is 2. The molecule has 9 nitrogen and oxygen atoms in total. The largest absolute Gasteiger partial charge is 0.487 e. The van der Waals surface area contributed by atoms with Crippen molar-refractivity contribution in [2.75, 3.05) is 31.7 Å². The number of ether oxygens (including phenoxy) is 3. The van der Waals surface area contributed by atoms with Gasteiger partial charge in [-0.15, -0.1) is 0 Å². The molecule has 2 aliphatic heterocycles. The highest BCUT2D eigenvalue weighted by Gasteiger charge is 2.41. The Labute approximate surface area is 276 Å². The number of esters is 1. The lowest BCUT2D eigenvalue weighted by atomic mass is 9.70. The van der Waals surface area contributed by atoms with E-state index >= 15 is 0 Å². The lowest BCUT2D eigenvalue weighted by Gasteiger charge is -2.44. The predicted octanol–water partition coefficient (Wildman–Crippen LogP) is 5.83. The quantitative estimate of drug-likeness (QED) is 0.319. The number of carbonyl (C=O) groups excluding carboxylic acids is 2. The summed E-state index contributed by atoms with van der Waals surface area (Å²) in [6, 6.07) is 11.1. The molecule has 2 aromatic rings. The van der Waals surface area contributed by atoms with Gasteiger partial charge in [-0.3, -0.25) is 4.79 Å². The van der Waals surface area contributed by atoms with E-state index in [1.54, 1.807) is 18.2 Å². The first-order chi connectivity index (χ1) is 22.2. The molecule has 4 atom stereocenters. The summed E-state index contributed by atoms with van der Waals surface area (Å²) >= 11 is 6.34. The highest BCUT2D eigenvalue weighted by Crippen LogP contribution is 2.42. The van der Waals surface area contributed by atoms with Gasteiger partial charge in [-0.05, 0) is 117 Å². The van der Waals surface area contributed by atoms with E-state index in [0.717, 1.165) is 68.3 Å². The van der Waals surface area contributed by atoms with Crippen LogP contribution in [0, 0.1) is 17.8 Å². The highest BCUT2D eigenvalue weighted by atomic mass is 35.5. The van der Waals surface area contributed by atoms with Crippen molar-refractivity contribution in [3.63, 3.8) is 0 Å². The molecule has 2 bridgehead atoms. The van der Waals surface area contributed by atoms with Crippen LogP contribution in [0.5, 0.6) is 5.75 Å². The van der Waals surface area contributed by atoms with E-state index in [9.17, 15) is 18.0 Å². The SMILES string of the molecule is COC(=O)CO[C@H]1/C=C/CC[C@@H](C2CC2)S(=O)(=O)NC(=O)c2ccc3c(c2)N(CCCCc2cc(Cl)ccc2CO3)C[C@@H]2CC[C@H]21. The van der Waals surface area contributed by atoms with Gasteiger partial charge in [0.25, 0.3) is 5.91 Å². The summed E-state index contributed by atoms with van der Waals surface area (Å²) in [4.78, 5) is 27.8. The predicted molar refractivity (Wildman–Crippen MR) is 177 cm³/mol. The second-order valence-electron chi connectivity index (χ2n) is 13.0. The van der Waals surface area contributed by atoms with Crippen molar-refractivity contribution in [1.82, 2.24) is 4.72 Å². The molecule has 0 saturated heterocycles. The maximum atomic E-state index is 13.5. The van der Waals surface area contributed by atoms with Crippen LogP contribution in [0.4, 0.5) is 5.69 Å². The third-order valence-corrected chi connectivity index (χ3v) is 12.1. The maximum Gasteiger partial charge on any atom is 0.331 e. The van der Waals surface area contributed by atoms with Crippen molar-refractivity contribution < 1.29 is 32.2 Å². The third-order valence-electron chi connectivity index (χ3n) is 9.94. The first-order valence-corrected chi connectivity index (χ1v) is 18.3. The van der Waals surface area contributed by atoms with Gasteiger partial charge in [0.2, 0.25) is 10.0 Å². The number of anilines is 1. The average molecular weight is 671 g/mol. The molecule has 2 heterocycles. The first-order valence-electron chi connectivity index (χ1n) is 16.4. The van der Waals surface area contributed by atoms with E-state index in [1.165, 1.54) is 7.11 Å². The van der Waals surface area contributed by atoms with Gasteiger partial charge >= 0.3 is 5.97 Å². The van der Waals surface area contributed by atoms with Crippen LogP contribution < -0.4 is 14.4 Å².